The minimum atomic E-state index is -3.98. The molecule has 0 aliphatic carbocycles. The highest BCUT2D eigenvalue weighted by Crippen LogP contribution is 2.36. The van der Waals surface area contributed by atoms with Crippen molar-refractivity contribution in [2.45, 2.75) is 26.2 Å². The normalized spacial score (nSPS) is 11.2. The summed E-state index contributed by atoms with van der Waals surface area (Å²) in [6, 6.07) is 16.1. The van der Waals surface area contributed by atoms with Crippen LogP contribution in [0.15, 0.2) is 59.7 Å². The predicted molar refractivity (Wildman–Crippen MR) is 156 cm³/mol. The van der Waals surface area contributed by atoms with Gasteiger partial charge in [-0.25, -0.2) is 22.8 Å². The number of hydrogen-bond donors (Lipinski definition) is 1. The number of fused-ring (bicyclic) bond motifs is 1. The molecule has 0 aliphatic rings. The third-order valence-electron chi connectivity index (χ3n) is 6.14. The summed E-state index contributed by atoms with van der Waals surface area (Å²) in [5.41, 5.74) is 13.2. The molecular formula is C28H28N8O3S. The fraction of sp³-hybridized carbons (Fsp3) is 0.250. The molecule has 0 spiro atoms. The number of azide groups is 1. The Morgan fingerprint density at radius 1 is 1.20 bits per heavy atom. The zero-order valence-electron chi connectivity index (χ0n) is 22.5. The molecule has 12 heteroatoms. The summed E-state index contributed by atoms with van der Waals surface area (Å²) in [6.07, 6.45) is 5.17. The lowest BCUT2D eigenvalue weighted by atomic mass is 9.97. The van der Waals surface area contributed by atoms with Crippen molar-refractivity contribution in [1.82, 2.24) is 19.5 Å². The van der Waals surface area contributed by atoms with Crippen molar-refractivity contribution in [3.05, 3.63) is 76.4 Å². The highest BCUT2D eigenvalue weighted by molar-refractivity contribution is 7.90. The highest BCUT2D eigenvalue weighted by Gasteiger charge is 2.25. The van der Waals surface area contributed by atoms with Gasteiger partial charge in [-0.2, -0.15) is 5.10 Å². The molecular weight excluding hydrogens is 528 g/mol. The van der Waals surface area contributed by atoms with Gasteiger partial charge in [-0.05, 0) is 46.8 Å². The Morgan fingerprint density at radius 2 is 1.93 bits per heavy atom. The van der Waals surface area contributed by atoms with Crippen molar-refractivity contribution in [3.63, 3.8) is 0 Å². The van der Waals surface area contributed by atoms with E-state index in [-0.39, 0.29) is 18.0 Å². The molecule has 204 valence electrons. The van der Waals surface area contributed by atoms with Gasteiger partial charge in [-0.15, -0.1) is 12.3 Å². The first-order chi connectivity index (χ1) is 19.0. The quantitative estimate of drug-likeness (QED) is 0.128. The lowest BCUT2D eigenvalue weighted by Crippen LogP contribution is -2.33. The van der Waals surface area contributed by atoms with Crippen LogP contribution in [-0.4, -0.2) is 48.9 Å². The number of nitrogens with one attached hydrogen (secondary N) is 1. The van der Waals surface area contributed by atoms with E-state index < -0.39 is 21.7 Å². The number of terminal acetylenes is 1. The van der Waals surface area contributed by atoms with Crippen LogP contribution in [0.25, 0.3) is 38.3 Å². The van der Waals surface area contributed by atoms with Crippen LogP contribution in [0.1, 0.15) is 42.4 Å². The number of amides is 1. The monoisotopic (exact) mass is 556 g/mol. The summed E-state index contributed by atoms with van der Waals surface area (Å²) >= 11 is 0. The van der Waals surface area contributed by atoms with Crippen molar-refractivity contribution in [1.29, 1.82) is 0 Å². The highest BCUT2D eigenvalue weighted by atomic mass is 32.2. The maximum absolute atomic E-state index is 13.2. The molecule has 0 aliphatic heterocycles. The van der Waals surface area contributed by atoms with E-state index in [0.717, 1.165) is 17.1 Å². The number of aromatic nitrogens is 3. The average Bonchev–Trinajstić information content (AvgIpc) is 3.32. The van der Waals surface area contributed by atoms with Crippen molar-refractivity contribution in [2.24, 2.45) is 5.11 Å². The molecule has 0 bridgehead atoms. The Bertz CT molecular complexity index is 1780. The van der Waals surface area contributed by atoms with Crippen molar-refractivity contribution >= 4 is 38.3 Å². The second-order valence-corrected chi connectivity index (χ2v) is 11.4. The van der Waals surface area contributed by atoms with E-state index in [2.05, 4.69) is 25.7 Å². The van der Waals surface area contributed by atoms with Crippen LogP contribution < -0.4 is 9.62 Å². The number of hydrogen-bond acceptors (Lipinski definition) is 7. The van der Waals surface area contributed by atoms with E-state index >= 15 is 0 Å². The number of rotatable bonds is 9. The van der Waals surface area contributed by atoms with Gasteiger partial charge >= 0.3 is 0 Å². The molecule has 0 fully saturated rings. The molecule has 0 saturated heterocycles. The van der Waals surface area contributed by atoms with Crippen LogP contribution in [0.2, 0.25) is 0 Å². The Morgan fingerprint density at radius 3 is 2.55 bits per heavy atom. The molecule has 2 aromatic heterocycles. The predicted octanol–water partition coefficient (Wildman–Crippen LogP) is 5.30. The summed E-state index contributed by atoms with van der Waals surface area (Å²) in [5, 5.41) is 9.25. The molecule has 0 radical (unpaired) electrons. The molecule has 0 atom stereocenters. The van der Waals surface area contributed by atoms with Gasteiger partial charge in [0.25, 0.3) is 5.91 Å². The second kappa shape index (κ2) is 11.5. The van der Waals surface area contributed by atoms with Crippen LogP contribution in [0.4, 0.5) is 11.4 Å². The van der Waals surface area contributed by atoms with E-state index in [0.29, 0.717) is 27.8 Å². The van der Waals surface area contributed by atoms with Crippen molar-refractivity contribution in [2.75, 3.05) is 24.7 Å². The molecule has 4 aromatic rings. The van der Waals surface area contributed by atoms with Crippen LogP contribution >= 0.6 is 0 Å². The Balaban J connectivity index is 2.00. The van der Waals surface area contributed by atoms with Crippen molar-refractivity contribution in [3.8, 4) is 29.2 Å². The zero-order valence-corrected chi connectivity index (χ0v) is 23.3. The van der Waals surface area contributed by atoms with Crippen LogP contribution in [0, 0.1) is 12.3 Å². The molecule has 40 heavy (non-hydrogen) atoms. The number of sulfonamides is 1. The molecule has 1 amide bonds. The third kappa shape index (κ3) is 5.91. The van der Waals surface area contributed by atoms with Crippen LogP contribution in [0.5, 0.6) is 0 Å². The standard InChI is InChI=1S/C28H28N8O3S/c1-6-7-15-40(38,39)33-28(37)24-17-23(19-11-13-20(14-12-19)31-34-29)25-26(18(2)3)32-36(27(25)30-24)22-10-8-9-21(16-22)35(4)5/h1,8-14,16-18H,7,15H2,2-5H3,(H,33,37). The van der Waals surface area contributed by atoms with Gasteiger partial charge in [-0.1, -0.05) is 49.3 Å². The molecule has 0 unspecified atom stereocenters. The second-order valence-electron chi connectivity index (χ2n) is 9.56. The van der Waals surface area contributed by atoms with Gasteiger partial charge < -0.3 is 4.90 Å². The third-order valence-corrected chi connectivity index (χ3v) is 7.37. The summed E-state index contributed by atoms with van der Waals surface area (Å²) in [7, 11) is -0.116. The SMILES string of the molecule is C#CCCS(=O)(=O)NC(=O)c1cc(-c2ccc(N=[N+]=[N-])cc2)c2c(C(C)C)nn(-c3cccc(N(C)C)c3)c2n1. The first-order valence-corrected chi connectivity index (χ1v) is 14.0. The van der Waals surface area contributed by atoms with Gasteiger partial charge in [0.05, 0.1) is 22.5 Å². The van der Waals surface area contributed by atoms with E-state index in [4.69, 9.17) is 17.1 Å². The van der Waals surface area contributed by atoms with E-state index in [1.54, 1.807) is 35.0 Å². The Kier molecular flexibility index (Phi) is 8.09. The summed E-state index contributed by atoms with van der Waals surface area (Å²) < 4.78 is 28.7. The average molecular weight is 557 g/mol. The van der Waals surface area contributed by atoms with Crippen LogP contribution in [0.3, 0.4) is 0 Å². The Labute approximate surface area is 232 Å². The lowest BCUT2D eigenvalue weighted by Gasteiger charge is -2.14. The van der Waals surface area contributed by atoms with E-state index in [9.17, 15) is 13.2 Å². The minimum absolute atomic E-state index is 0.00684. The van der Waals surface area contributed by atoms with Gasteiger partial charge in [0.2, 0.25) is 10.0 Å². The lowest BCUT2D eigenvalue weighted by molar-refractivity contribution is 0.0977. The Hall–Kier alpha value is -4.85. The van der Waals surface area contributed by atoms with E-state index in [1.165, 1.54) is 0 Å². The molecule has 2 heterocycles. The fourth-order valence-electron chi connectivity index (χ4n) is 4.17. The number of anilines is 1. The number of benzene rings is 2. The zero-order chi connectivity index (χ0) is 29.0. The maximum Gasteiger partial charge on any atom is 0.283 e. The van der Waals surface area contributed by atoms with Crippen molar-refractivity contribution < 1.29 is 13.2 Å². The molecule has 2 aromatic carbocycles. The topological polar surface area (TPSA) is 146 Å². The summed E-state index contributed by atoms with van der Waals surface area (Å²) in [4.78, 5) is 22.6. The summed E-state index contributed by atoms with van der Waals surface area (Å²) in [5.74, 6) is 0.985. The largest absolute Gasteiger partial charge is 0.378 e. The molecule has 0 saturated carbocycles. The molecule has 11 nitrogen and oxygen atoms in total. The van der Waals surface area contributed by atoms with E-state index in [1.807, 2.05) is 57.1 Å². The summed E-state index contributed by atoms with van der Waals surface area (Å²) in [6.45, 7) is 4.02. The maximum atomic E-state index is 13.2. The molecule has 4 rings (SSSR count). The van der Waals surface area contributed by atoms with Gasteiger partial charge in [0.1, 0.15) is 5.69 Å². The minimum Gasteiger partial charge on any atom is -0.378 e. The number of nitrogens with zero attached hydrogens (tertiary/aromatic N) is 7. The van der Waals surface area contributed by atoms with Gasteiger partial charge in [-0.3, -0.25) is 4.79 Å². The fourth-order valence-corrected chi connectivity index (χ4v) is 5.05. The number of carbonyl (C=O) groups is 1. The first-order valence-electron chi connectivity index (χ1n) is 12.4. The van der Waals surface area contributed by atoms with Crippen LogP contribution in [-0.2, 0) is 10.0 Å². The smallest absolute Gasteiger partial charge is 0.283 e. The first kappa shape index (κ1) is 28.2. The number of carbonyl (C=O) groups excluding carboxylic acids is 1. The number of pyridine rings is 1. The van der Waals surface area contributed by atoms with Gasteiger partial charge in [0, 0.05) is 36.8 Å². The molecule has 1 N–H and O–H groups in total. The van der Waals surface area contributed by atoms with Gasteiger partial charge in [0.15, 0.2) is 5.65 Å².